The molecule has 0 spiro atoms. The van der Waals surface area contributed by atoms with Crippen molar-refractivity contribution in [3.8, 4) is 0 Å². The number of ether oxygens (including phenoxy) is 1. The molecule has 19 heavy (non-hydrogen) atoms. The van der Waals surface area contributed by atoms with Crippen LogP contribution in [0.15, 0.2) is 24.3 Å². The van der Waals surface area contributed by atoms with Crippen molar-refractivity contribution >= 4 is 5.91 Å². The fraction of sp³-hybridized carbons (Fsp3) is 0.533. The first-order chi connectivity index (χ1) is 9.13. The lowest BCUT2D eigenvalue weighted by molar-refractivity contribution is -0.126. The van der Waals surface area contributed by atoms with Gasteiger partial charge < -0.3 is 15.4 Å². The Balaban J connectivity index is 2.01. The molecule has 1 aliphatic heterocycles. The highest BCUT2D eigenvalue weighted by atomic mass is 16.5. The Bertz CT molecular complexity index is 448. The van der Waals surface area contributed by atoms with E-state index in [1.807, 2.05) is 26.1 Å². The lowest BCUT2D eigenvalue weighted by Crippen LogP contribution is -2.43. The monoisotopic (exact) mass is 262 g/mol. The number of benzene rings is 1. The smallest absolute Gasteiger partial charge is 0.227 e. The Morgan fingerprint density at radius 2 is 2.11 bits per heavy atom. The van der Waals surface area contributed by atoms with Crippen molar-refractivity contribution in [2.45, 2.75) is 25.9 Å². The average Bonchev–Trinajstić information content (AvgIpc) is 2.87. The van der Waals surface area contributed by atoms with Gasteiger partial charge in [-0.2, -0.15) is 0 Å². The zero-order valence-electron chi connectivity index (χ0n) is 11.8. The van der Waals surface area contributed by atoms with Crippen LogP contribution in [0.4, 0.5) is 0 Å². The third-order valence-corrected chi connectivity index (χ3v) is 3.80. The third kappa shape index (κ3) is 3.14. The van der Waals surface area contributed by atoms with Crippen molar-refractivity contribution in [1.82, 2.24) is 10.6 Å². The molecule has 104 valence electrons. The first-order valence-corrected chi connectivity index (χ1v) is 6.74. The fourth-order valence-electron chi connectivity index (χ4n) is 2.57. The number of nitrogens with one attached hydrogen (secondary N) is 2. The van der Waals surface area contributed by atoms with Crippen LogP contribution in [0.5, 0.6) is 0 Å². The van der Waals surface area contributed by atoms with Crippen molar-refractivity contribution in [2.24, 2.45) is 5.92 Å². The zero-order valence-corrected chi connectivity index (χ0v) is 11.8. The Morgan fingerprint density at radius 1 is 1.37 bits per heavy atom. The highest BCUT2D eigenvalue weighted by molar-refractivity contribution is 5.80. The molecule has 2 rings (SSSR count). The summed E-state index contributed by atoms with van der Waals surface area (Å²) in [7, 11) is 1.87. The van der Waals surface area contributed by atoms with Crippen LogP contribution in [0.2, 0.25) is 0 Å². The molecule has 4 nitrogen and oxygen atoms in total. The maximum absolute atomic E-state index is 12.3. The summed E-state index contributed by atoms with van der Waals surface area (Å²) in [6.07, 6.45) is 0. The second-order valence-electron chi connectivity index (χ2n) is 5.13. The molecule has 2 unspecified atom stereocenters. The summed E-state index contributed by atoms with van der Waals surface area (Å²) in [6.45, 7) is 5.18. The molecule has 0 saturated carbocycles. The molecule has 0 radical (unpaired) electrons. The summed E-state index contributed by atoms with van der Waals surface area (Å²) in [6, 6.07) is 8.26. The van der Waals surface area contributed by atoms with E-state index >= 15 is 0 Å². The number of hydrogen-bond donors (Lipinski definition) is 2. The molecule has 3 atom stereocenters. The zero-order chi connectivity index (χ0) is 13.8. The Morgan fingerprint density at radius 3 is 2.79 bits per heavy atom. The van der Waals surface area contributed by atoms with Crippen LogP contribution in [-0.4, -0.2) is 32.2 Å². The number of hydrogen-bond acceptors (Lipinski definition) is 3. The highest BCUT2D eigenvalue weighted by Gasteiger charge is 2.33. The van der Waals surface area contributed by atoms with Gasteiger partial charge in [-0.15, -0.1) is 0 Å². The minimum Gasteiger partial charge on any atom is -0.379 e. The second kappa shape index (κ2) is 6.17. The Kier molecular flexibility index (Phi) is 4.56. The lowest BCUT2D eigenvalue weighted by Gasteiger charge is -2.21. The average molecular weight is 262 g/mol. The molecule has 4 heteroatoms. The van der Waals surface area contributed by atoms with Crippen LogP contribution < -0.4 is 10.6 Å². The molecule has 0 bridgehead atoms. The van der Waals surface area contributed by atoms with E-state index in [-0.39, 0.29) is 23.9 Å². The van der Waals surface area contributed by atoms with E-state index in [9.17, 15) is 4.79 Å². The van der Waals surface area contributed by atoms with E-state index in [1.54, 1.807) is 0 Å². The van der Waals surface area contributed by atoms with Gasteiger partial charge in [-0.25, -0.2) is 0 Å². The molecule has 1 fully saturated rings. The van der Waals surface area contributed by atoms with E-state index in [0.717, 1.165) is 5.56 Å². The van der Waals surface area contributed by atoms with Gasteiger partial charge in [0.2, 0.25) is 5.91 Å². The quantitative estimate of drug-likeness (QED) is 0.862. The number of carbonyl (C=O) groups excluding carboxylic acids is 1. The number of carbonyl (C=O) groups is 1. The van der Waals surface area contributed by atoms with E-state index in [2.05, 4.69) is 29.7 Å². The van der Waals surface area contributed by atoms with Gasteiger partial charge in [0.05, 0.1) is 25.2 Å². The van der Waals surface area contributed by atoms with Crippen LogP contribution in [0.1, 0.15) is 24.1 Å². The van der Waals surface area contributed by atoms with Crippen LogP contribution in [0.3, 0.4) is 0 Å². The molecule has 0 aromatic heterocycles. The summed E-state index contributed by atoms with van der Waals surface area (Å²) >= 11 is 0. The minimum atomic E-state index is -0.100. The van der Waals surface area contributed by atoms with Crippen LogP contribution in [-0.2, 0) is 9.53 Å². The molecular formula is C15H22N2O2. The summed E-state index contributed by atoms with van der Waals surface area (Å²) in [5, 5.41) is 6.22. The highest BCUT2D eigenvalue weighted by Crippen LogP contribution is 2.19. The Hall–Kier alpha value is -1.39. The van der Waals surface area contributed by atoms with E-state index in [0.29, 0.717) is 13.2 Å². The number of aryl methyl sites for hydroxylation is 1. The summed E-state index contributed by atoms with van der Waals surface area (Å²) < 4.78 is 5.37. The van der Waals surface area contributed by atoms with Crippen molar-refractivity contribution in [1.29, 1.82) is 0 Å². The van der Waals surface area contributed by atoms with Crippen molar-refractivity contribution in [3.05, 3.63) is 35.4 Å². The normalized spacial score (nSPS) is 24.2. The molecule has 2 N–H and O–H groups in total. The third-order valence-electron chi connectivity index (χ3n) is 3.80. The van der Waals surface area contributed by atoms with E-state index in [4.69, 9.17) is 4.74 Å². The molecule has 1 amide bonds. The summed E-state index contributed by atoms with van der Waals surface area (Å²) in [5.41, 5.74) is 2.36. The van der Waals surface area contributed by atoms with Crippen LogP contribution in [0.25, 0.3) is 0 Å². The molecule has 1 aromatic carbocycles. The molecule has 1 aromatic rings. The van der Waals surface area contributed by atoms with Crippen molar-refractivity contribution in [2.75, 3.05) is 20.3 Å². The van der Waals surface area contributed by atoms with Crippen LogP contribution >= 0.6 is 0 Å². The maximum Gasteiger partial charge on any atom is 0.227 e. The number of amides is 1. The summed E-state index contributed by atoms with van der Waals surface area (Å²) in [5.74, 6) is -0.0379. The van der Waals surface area contributed by atoms with Gasteiger partial charge in [-0.05, 0) is 32.0 Å². The van der Waals surface area contributed by atoms with Gasteiger partial charge in [0.1, 0.15) is 0 Å². The van der Waals surface area contributed by atoms with Gasteiger partial charge in [-0.3, -0.25) is 4.79 Å². The molecule has 1 saturated heterocycles. The van der Waals surface area contributed by atoms with Gasteiger partial charge in [0.15, 0.2) is 0 Å². The second-order valence-corrected chi connectivity index (χ2v) is 5.13. The lowest BCUT2D eigenvalue weighted by atomic mass is 9.99. The first-order valence-electron chi connectivity index (χ1n) is 6.74. The van der Waals surface area contributed by atoms with Crippen LogP contribution in [0, 0.1) is 12.8 Å². The van der Waals surface area contributed by atoms with Gasteiger partial charge in [-0.1, -0.05) is 24.3 Å². The molecular weight excluding hydrogens is 240 g/mol. The molecule has 1 heterocycles. The van der Waals surface area contributed by atoms with Crippen molar-refractivity contribution < 1.29 is 9.53 Å². The molecule has 1 aliphatic rings. The number of rotatable bonds is 4. The number of likely N-dealkylation sites (N-methyl/N-ethyl adjacent to an activating group) is 1. The van der Waals surface area contributed by atoms with Crippen molar-refractivity contribution in [3.63, 3.8) is 0 Å². The maximum atomic E-state index is 12.3. The Labute approximate surface area is 114 Å². The predicted octanol–water partition coefficient (Wildman–Crippen LogP) is 1.41. The standard InChI is InChI=1S/C15H22N2O2/c1-10-6-4-5-7-12(10)11(2)17-15(18)13-8-19-9-14(13)16-3/h4-7,11,13-14,16H,8-9H2,1-3H3,(H,17,18)/t11-,13?,14?/m0/s1. The molecule has 0 aliphatic carbocycles. The summed E-state index contributed by atoms with van der Waals surface area (Å²) in [4.78, 5) is 12.3. The predicted molar refractivity (Wildman–Crippen MR) is 74.9 cm³/mol. The van der Waals surface area contributed by atoms with E-state index < -0.39 is 0 Å². The SMILES string of the molecule is CNC1COCC1C(=O)N[C@@H](C)c1ccccc1C. The largest absolute Gasteiger partial charge is 0.379 e. The first kappa shape index (κ1) is 14.0. The van der Waals surface area contributed by atoms with E-state index in [1.165, 1.54) is 5.56 Å². The van der Waals surface area contributed by atoms with Gasteiger partial charge in [0.25, 0.3) is 0 Å². The fourth-order valence-corrected chi connectivity index (χ4v) is 2.57. The topological polar surface area (TPSA) is 50.4 Å². The van der Waals surface area contributed by atoms with Gasteiger partial charge >= 0.3 is 0 Å². The van der Waals surface area contributed by atoms with Gasteiger partial charge in [0, 0.05) is 6.04 Å². The minimum absolute atomic E-state index is 0.0202.